The van der Waals surface area contributed by atoms with E-state index in [0.29, 0.717) is 19.3 Å². The average molecular weight is 380 g/mol. The Bertz CT molecular complexity index is 861. The summed E-state index contributed by atoms with van der Waals surface area (Å²) in [6.45, 7) is 5.27. The minimum absolute atomic E-state index is 0.120. The summed E-state index contributed by atoms with van der Waals surface area (Å²) in [7, 11) is 0. The van der Waals surface area contributed by atoms with Crippen LogP contribution in [0.3, 0.4) is 0 Å². The molecule has 2 aromatic rings. The summed E-state index contributed by atoms with van der Waals surface area (Å²) in [5, 5.41) is 14.5. The average Bonchev–Trinajstić information content (AvgIpc) is 3.03. The molecule has 28 heavy (non-hydrogen) atoms. The zero-order chi connectivity index (χ0) is 19.1. The molecule has 0 amide bonds. The van der Waals surface area contributed by atoms with Crippen molar-refractivity contribution in [3.05, 3.63) is 53.1 Å². The zero-order valence-corrected chi connectivity index (χ0v) is 16.4. The van der Waals surface area contributed by atoms with Crippen LogP contribution in [-0.4, -0.2) is 43.5 Å². The zero-order valence-electron chi connectivity index (χ0n) is 16.4. The summed E-state index contributed by atoms with van der Waals surface area (Å²) in [5.41, 5.74) is 4.73. The normalized spacial score (nSPS) is 24.3. The van der Waals surface area contributed by atoms with Crippen molar-refractivity contribution in [2.45, 2.75) is 44.4 Å². The van der Waals surface area contributed by atoms with Crippen LogP contribution in [0.15, 0.2) is 36.4 Å². The topological polar surface area (TPSA) is 54.0 Å². The monoisotopic (exact) mass is 380 g/mol. The molecule has 1 fully saturated rings. The summed E-state index contributed by atoms with van der Waals surface area (Å²) < 4.78 is 11.6. The Morgan fingerprint density at radius 3 is 2.75 bits per heavy atom. The number of para-hydroxylation sites is 1. The van der Waals surface area contributed by atoms with Crippen molar-refractivity contribution in [1.82, 2.24) is 5.32 Å². The lowest BCUT2D eigenvalue weighted by atomic mass is 10.0. The Morgan fingerprint density at radius 2 is 1.89 bits per heavy atom. The molecule has 0 radical (unpaired) electrons. The standard InChI is InChI=1S/C23H28N2O3/c1-15-5-6-16-14-19(22(26)18(16)13-15)24-17-7-9-25(10-8-17)20-3-2-4-21-23(20)28-12-11-27-21/h2-6,13,17,19,22,24,26H,7-12,14H2,1H3. The Morgan fingerprint density at radius 1 is 1.07 bits per heavy atom. The van der Waals surface area contributed by atoms with Crippen molar-refractivity contribution >= 4 is 5.69 Å². The second-order valence-corrected chi connectivity index (χ2v) is 8.19. The number of hydrogen-bond acceptors (Lipinski definition) is 5. The van der Waals surface area contributed by atoms with Gasteiger partial charge in [-0.05, 0) is 49.4 Å². The van der Waals surface area contributed by atoms with E-state index in [2.05, 4.69) is 41.4 Å². The van der Waals surface area contributed by atoms with Gasteiger partial charge in [0.05, 0.1) is 11.8 Å². The van der Waals surface area contributed by atoms with E-state index < -0.39 is 6.10 Å². The van der Waals surface area contributed by atoms with Gasteiger partial charge < -0.3 is 24.8 Å². The van der Waals surface area contributed by atoms with Gasteiger partial charge in [0.2, 0.25) is 0 Å². The van der Waals surface area contributed by atoms with Gasteiger partial charge in [0, 0.05) is 25.2 Å². The van der Waals surface area contributed by atoms with Crippen LogP contribution in [0.25, 0.3) is 0 Å². The minimum atomic E-state index is -0.403. The maximum atomic E-state index is 10.8. The Kier molecular flexibility index (Phi) is 4.65. The van der Waals surface area contributed by atoms with E-state index in [4.69, 9.17) is 9.47 Å². The molecule has 2 N–H and O–H groups in total. The van der Waals surface area contributed by atoms with Crippen LogP contribution in [0.4, 0.5) is 5.69 Å². The highest BCUT2D eigenvalue weighted by molar-refractivity contribution is 5.65. The van der Waals surface area contributed by atoms with E-state index >= 15 is 0 Å². The molecular weight excluding hydrogens is 352 g/mol. The highest BCUT2D eigenvalue weighted by Gasteiger charge is 2.33. The number of hydrogen-bond donors (Lipinski definition) is 2. The number of ether oxygens (including phenoxy) is 2. The molecule has 2 heterocycles. The maximum Gasteiger partial charge on any atom is 0.184 e. The van der Waals surface area contributed by atoms with Crippen molar-refractivity contribution in [2.24, 2.45) is 0 Å². The van der Waals surface area contributed by atoms with Gasteiger partial charge in [0.25, 0.3) is 0 Å². The number of fused-ring (bicyclic) bond motifs is 2. The molecule has 0 aromatic heterocycles. The number of rotatable bonds is 3. The summed E-state index contributed by atoms with van der Waals surface area (Å²) in [4.78, 5) is 2.40. The second kappa shape index (κ2) is 7.30. The van der Waals surface area contributed by atoms with Gasteiger partial charge in [-0.3, -0.25) is 0 Å². The number of aliphatic hydroxyl groups excluding tert-OH is 1. The molecule has 148 valence electrons. The molecule has 2 atom stereocenters. The largest absolute Gasteiger partial charge is 0.486 e. The van der Waals surface area contributed by atoms with Gasteiger partial charge in [0.1, 0.15) is 13.2 Å². The van der Waals surface area contributed by atoms with Crippen molar-refractivity contribution in [1.29, 1.82) is 0 Å². The number of piperidine rings is 1. The van der Waals surface area contributed by atoms with Gasteiger partial charge in [-0.1, -0.05) is 29.8 Å². The molecule has 0 bridgehead atoms. The van der Waals surface area contributed by atoms with E-state index in [0.717, 1.165) is 55.1 Å². The Hall–Kier alpha value is -2.24. The fourth-order valence-electron chi connectivity index (χ4n) is 4.79. The lowest BCUT2D eigenvalue weighted by molar-refractivity contribution is 0.131. The molecule has 5 nitrogen and oxygen atoms in total. The van der Waals surface area contributed by atoms with E-state index in [9.17, 15) is 5.11 Å². The van der Waals surface area contributed by atoms with Crippen molar-refractivity contribution in [3.8, 4) is 11.5 Å². The lowest BCUT2D eigenvalue weighted by Crippen LogP contribution is -2.47. The number of nitrogens with zero attached hydrogens (tertiary/aromatic N) is 1. The molecule has 3 aliphatic rings. The number of benzene rings is 2. The highest BCUT2D eigenvalue weighted by atomic mass is 16.6. The van der Waals surface area contributed by atoms with Crippen LogP contribution >= 0.6 is 0 Å². The van der Waals surface area contributed by atoms with Crippen molar-refractivity contribution < 1.29 is 14.6 Å². The highest BCUT2D eigenvalue weighted by Crippen LogP contribution is 2.40. The van der Waals surface area contributed by atoms with Gasteiger partial charge in [-0.2, -0.15) is 0 Å². The molecule has 5 heteroatoms. The van der Waals surface area contributed by atoms with Crippen LogP contribution < -0.4 is 19.7 Å². The van der Waals surface area contributed by atoms with Crippen molar-refractivity contribution in [3.63, 3.8) is 0 Å². The van der Waals surface area contributed by atoms with Crippen LogP contribution in [0.2, 0.25) is 0 Å². The molecule has 2 aromatic carbocycles. The molecule has 1 saturated heterocycles. The fourth-order valence-corrected chi connectivity index (χ4v) is 4.79. The smallest absolute Gasteiger partial charge is 0.184 e. The predicted octanol–water partition coefficient (Wildman–Crippen LogP) is 2.98. The molecule has 1 aliphatic carbocycles. The third-order valence-corrected chi connectivity index (χ3v) is 6.27. The fraction of sp³-hybridized carbons (Fsp3) is 0.478. The van der Waals surface area contributed by atoms with Gasteiger partial charge in [-0.15, -0.1) is 0 Å². The first kappa shape index (κ1) is 17.8. The summed E-state index contributed by atoms with van der Waals surface area (Å²) in [6.07, 6.45) is 2.63. The third kappa shape index (κ3) is 3.23. The molecule has 2 unspecified atom stereocenters. The van der Waals surface area contributed by atoms with E-state index in [-0.39, 0.29) is 6.04 Å². The lowest BCUT2D eigenvalue weighted by Gasteiger charge is -2.37. The van der Waals surface area contributed by atoms with Crippen molar-refractivity contribution in [2.75, 3.05) is 31.2 Å². The van der Waals surface area contributed by atoms with Gasteiger partial charge in [-0.25, -0.2) is 0 Å². The van der Waals surface area contributed by atoms with Crippen LogP contribution in [-0.2, 0) is 6.42 Å². The van der Waals surface area contributed by atoms with Gasteiger partial charge in [0.15, 0.2) is 11.5 Å². The first-order valence-electron chi connectivity index (χ1n) is 10.4. The molecular formula is C23H28N2O3. The number of aryl methyl sites for hydroxylation is 1. The summed E-state index contributed by atoms with van der Waals surface area (Å²) >= 11 is 0. The van der Waals surface area contributed by atoms with E-state index in [1.165, 1.54) is 11.1 Å². The first-order chi connectivity index (χ1) is 13.7. The third-order valence-electron chi connectivity index (χ3n) is 6.27. The van der Waals surface area contributed by atoms with Gasteiger partial charge >= 0.3 is 0 Å². The van der Waals surface area contributed by atoms with E-state index in [1.807, 2.05) is 12.1 Å². The SMILES string of the molecule is Cc1ccc2c(c1)C(O)C(NC1CCN(c3cccc4c3OCCO4)CC1)C2. The summed E-state index contributed by atoms with van der Waals surface area (Å²) in [5.74, 6) is 1.74. The van der Waals surface area contributed by atoms with Crippen LogP contribution in [0.1, 0.15) is 35.6 Å². The quantitative estimate of drug-likeness (QED) is 0.857. The summed E-state index contributed by atoms with van der Waals surface area (Å²) in [6, 6.07) is 13.1. The first-order valence-corrected chi connectivity index (χ1v) is 10.4. The molecule has 5 rings (SSSR count). The maximum absolute atomic E-state index is 10.8. The molecule has 2 aliphatic heterocycles. The Balaban J connectivity index is 1.22. The Labute approximate surface area is 166 Å². The number of nitrogens with one attached hydrogen (secondary N) is 1. The van der Waals surface area contributed by atoms with Crippen LogP contribution in [0.5, 0.6) is 11.5 Å². The number of anilines is 1. The molecule has 0 saturated carbocycles. The predicted molar refractivity (Wildman–Crippen MR) is 109 cm³/mol. The minimum Gasteiger partial charge on any atom is -0.486 e. The molecule has 0 spiro atoms. The van der Waals surface area contributed by atoms with Crippen LogP contribution in [0, 0.1) is 6.92 Å². The number of aliphatic hydroxyl groups is 1. The second-order valence-electron chi connectivity index (χ2n) is 8.19. The van der Waals surface area contributed by atoms with E-state index in [1.54, 1.807) is 0 Å².